The molecular formula is C25H30N2O6S. The number of carbonyl (C=O) groups excluding carboxylic acids is 3. The number of ether oxygens (including phenoxy) is 3. The molecular weight excluding hydrogens is 456 g/mol. The van der Waals surface area contributed by atoms with E-state index in [0.29, 0.717) is 16.3 Å². The Bertz CT molecular complexity index is 1080. The first-order chi connectivity index (χ1) is 16.3. The molecule has 0 saturated heterocycles. The second kappa shape index (κ2) is 10.8. The third-order valence-corrected chi connectivity index (χ3v) is 6.79. The van der Waals surface area contributed by atoms with Gasteiger partial charge in [0.2, 0.25) is 0 Å². The van der Waals surface area contributed by atoms with Gasteiger partial charge in [-0.1, -0.05) is 30.3 Å². The van der Waals surface area contributed by atoms with Crippen LogP contribution in [0.15, 0.2) is 47.0 Å². The van der Waals surface area contributed by atoms with Gasteiger partial charge in [0.1, 0.15) is 10.4 Å². The fourth-order valence-corrected chi connectivity index (χ4v) is 5.49. The SMILES string of the molecule is CCOC(=O)C1=C(C)NC(C)C(C(=O)OCC)(c2ccccc2)C1c1nc(C(=O)OCC)cs1. The topological polar surface area (TPSA) is 104 Å². The number of esters is 3. The van der Waals surface area contributed by atoms with Crippen molar-refractivity contribution in [3.8, 4) is 0 Å². The summed E-state index contributed by atoms with van der Waals surface area (Å²) in [6.07, 6.45) is 0. The third kappa shape index (κ3) is 4.44. The van der Waals surface area contributed by atoms with Crippen LogP contribution in [-0.2, 0) is 29.2 Å². The van der Waals surface area contributed by atoms with E-state index in [4.69, 9.17) is 14.2 Å². The molecule has 34 heavy (non-hydrogen) atoms. The van der Waals surface area contributed by atoms with Gasteiger partial charge in [-0.3, -0.25) is 4.79 Å². The summed E-state index contributed by atoms with van der Waals surface area (Å²) in [5.41, 5.74) is 0.310. The van der Waals surface area contributed by atoms with Crippen molar-refractivity contribution in [3.63, 3.8) is 0 Å². The number of aromatic nitrogens is 1. The highest BCUT2D eigenvalue weighted by atomic mass is 32.1. The first-order valence-corrected chi connectivity index (χ1v) is 12.2. The minimum atomic E-state index is -1.34. The first kappa shape index (κ1) is 25.4. The maximum Gasteiger partial charge on any atom is 0.357 e. The zero-order chi connectivity index (χ0) is 24.9. The van der Waals surface area contributed by atoms with Crippen molar-refractivity contribution in [2.75, 3.05) is 19.8 Å². The molecule has 3 rings (SSSR count). The number of hydrogen-bond acceptors (Lipinski definition) is 9. The Balaban J connectivity index is 2.34. The van der Waals surface area contributed by atoms with Crippen LogP contribution >= 0.6 is 11.3 Å². The molecule has 1 aliphatic heterocycles. The van der Waals surface area contributed by atoms with Crippen molar-refractivity contribution in [2.45, 2.75) is 52.0 Å². The van der Waals surface area contributed by atoms with E-state index in [9.17, 15) is 14.4 Å². The lowest BCUT2D eigenvalue weighted by Gasteiger charge is -2.47. The lowest BCUT2D eigenvalue weighted by molar-refractivity contribution is -0.153. The second-order valence-corrected chi connectivity index (χ2v) is 8.69. The molecule has 0 bridgehead atoms. The van der Waals surface area contributed by atoms with Crippen LogP contribution in [0.1, 0.15) is 61.6 Å². The van der Waals surface area contributed by atoms with Crippen LogP contribution in [0, 0.1) is 0 Å². The summed E-state index contributed by atoms with van der Waals surface area (Å²) in [6, 6.07) is 8.74. The summed E-state index contributed by atoms with van der Waals surface area (Å²) >= 11 is 1.20. The van der Waals surface area contributed by atoms with Gasteiger partial charge in [0, 0.05) is 17.1 Å². The maximum atomic E-state index is 13.8. The molecule has 0 aliphatic carbocycles. The van der Waals surface area contributed by atoms with E-state index in [2.05, 4.69) is 10.3 Å². The molecule has 182 valence electrons. The molecule has 0 saturated carbocycles. The van der Waals surface area contributed by atoms with Crippen LogP contribution in [0.3, 0.4) is 0 Å². The predicted molar refractivity (Wildman–Crippen MR) is 127 cm³/mol. The molecule has 0 spiro atoms. The van der Waals surface area contributed by atoms with Crippen molar-refractivity contribution in [1.82, 2.24) is 10.3 Å². The molecule has 9 heteroatoms. The Labute approximate surface area is 203 Å². The zero-order valence-corrected chi connectivity index (χ0v) is 20.9. The summed E-state index contributed by atoms with van der Waals surface area (Å²) in [7, 11) is 0. The Morgan fingerprint density at radius 2 is 1.62 bits per heavy atom. The van der Waals surface area contributed by atoms with Crippen LogP contribution in [0.2, 0.25) is 0 Å². The van der Waals surface area contributed by atoms with Crippen molar-refractivity contribution in [3.05, 3.63) is 63.2 Å². The van der Waals surface area contributed by atoms with Gasteiger partial charge in [0.05, 0.1) is 31.3 Å². The van der Waals surface area contributed by atoms with Gasteiger partial charge in [-0.15, -0.1) is 11.3 Å². The summed E-state index contributed by atoms with van der Waals surface area (Å²) in [4.78, 5) is 44.0. The van der Waals surface area contributed by atoms with E-state index < -0.39 is 35.3 Å². The maximum absolute atomic E-state index is 13.8. The van der Waals surface area contributed by atoms with Gasteiger partial charge >= 0.3 is 17.9 Å². The zero-order valence-electron chi connectivity index (χ0n) is 20.0. The van der Waals surface area contributed by atoms with Crippen molar-refractivity contribution in [1.29, 1.82) is 0 Å². The Morgan fingerprint density at radius 3 is 2.24 bits per heavy atom. The van der Waals surface area contributed by atoms with E-state index >= 15 is 0 Å². The van der Waals surface area contributed by atoms with Crippen LogP contribution in [0.5, 0.6) is 0 Å². The smallest absolute Gasteiger partial charge is 0.357 e. The second-order valence-electron chi connectivity index (χ2n) is 7.81. The molecule has 3 unspecified atom stereocenters. The van der Waals surface area contributed by atoms with E-state index in [1.54, 1.807) is 33.1 Å². The van der Waals surface area contributed by atoms with Gasteiger partial charge in [-0.25, -0.2) is 14.6 Å². The van der Waals surface area contributed by atoms with Gasteiger partial charge in [-0.2, -0.15) is 0 Å². The Hall–Kier alpha value is -3.20. The summed E-state index contributed by atoms with van der Waals surface area (Å²) in [6.45, 7) is 9.36. The van der Waals surface area contributed by atoms with Crippen molar-refractivity contribution in [2.24, 2.45) is 0 Å². The highest BCUT2D eigenvalue weighted by molar-refractivity contribution is 7.10. The van der Waals surface area contributed by atoms with E-state index in [1.165, 1.54) is 11.3 Å². The fourth-order valence-electron chi connectivity index (χ4n) is 4.52. The molecule has 1 aromatic heterocycles. The summed E-state index contributed by atoms with van der Waals surface area (Å²) in [5.74, 6) is -2.46. The Kier molecular flexibility index (Phi) is 8.09. The fraction of sp³-hybridized carbons (Fsp3) is 0.440. The highest BCUT2D eigenvalue weighted by Crippen LogP contribution is 2.51. The minimum absolute atomic E-state index is 0.125. The van der Waals surface area contributed by atoms with Crippen molar-refractivity contribution < 1.29 is 28.6 Å². The molecule has 0 fully saturated rings. The van der Waals surface area contributed by atoms with Gasteiger partial charge in [0.15, 0.2) is 5.69 Å². The number of allylic oxidation sites excluding steroid dienone is 1. The number of thiazole rings is 1. The van der Waals surface area contributed by atoms with Gasteiger partial charge in [0.25, 0.3) is 0 Å². The van der Waals surface area contributed by atoms with Crippen LogP contribution in [-0.4, -0.2) is 48.8 Å². The largest absolute Gasteiger partial charge is 0.465 e. The molecule has 2 aromatic rings. The quantitative estimate of drug-likeness (QED) is 0.445. The van der Waals surface area contributed by atoms with E-state index in [-0.39, 0.29) is 31.1 Å². The molecule has 1 aromatic carbocycles. The number of carbonyl (C=O) groups is 3. The first-order valence-electron chi connectivity index (χ1n) is 11.3. The Morgan fingerprint density at radius 1 is 1.00 bits per heavy atom. The highest BCUT2D eigenvalue weighted by Gasteiger charge is 2.59. The van der Waals surface area contributed by atoms with Crippen LogP contribution in [0.4, 0.5) is 0 Å². The predicted octanol–water partition coefficient (Wildman–Crippen LogP) is 3.73. The summed E-state index contributed by atoms with van der Waals surface area (Å²) < 4.78 is 16.1. The van der Waals surface area contributed by atoms with Crippen LogP contribution in [0.25, 0.3) is 0 Å². The number of benzene rings is 1. The van der Waals surface area contributed by atoms with Gasteiger partial charge in [-0.05, 0) is 40.2 Å². The minimum Gasteiger partial charge on any atom is -0.465 e. The molecule has 0 amide bonds. The van der Waals surface area contributed by atoms with Crippen LogP contribution < -0.4 is 5.32 Å². The van der Waals surface area contributed by atoms with Crippen molar-refractivity contribution >= 4 is 29.2 Å². The average Bonchev–Trinajstić information content (AvgIpc) is 3.30. The molecule has 1 N–H and O–H groups in total. The molecule has 2 heterocycles. The lowest BCUT2D eigenvalue weighted by atomic mass is 9.61. The monoisotopic (exact) mass is 486 g/mol. The number of nitrogens with zero attached hydrogens (tertiary/aromatic N) is 1. The molecule has 1 aliphatic rings. The standard InChI is InChI=1S/C25H30N2O6S/c1-6-31-22(28)18-14-34-21(27-18)20-19(23(29)32-7-2)15(4)26-16(5)25(20,24(30)33-8-3)17-12-10-9-11-13-17/h9-14,16,20,26H,6-8H2,1-5H3. The molecule has 8 nitrogen and oxygen atoms in total. The van der Waals surface area contributed by atoms with E-state index in [0.717, 1.165) is 0 Å². The molecule has 3 atom stereocenters. The average molecular weight is 487 g/mol. The van der Waals surface area contributed by atoms with E-state index in [1.807, 2.05) is 37.3 Å². The number of hydrogen-bond donors (Lipinski definition) is 1. The molecule has 0 radical (unpaired) electrons. The number of nitrogens with one attached hydrogen (secondary N) is 1. The summed E-state index contributed by atoms with van der Waals surface area (Å²) in [5, 5.41) is 5.32. The lowest BCUT2D eigenvalue weighted by Crippen LogP contribution is -2.60. The van der Waals surface area contributed by atoms with Gasteiger partial charge < -0.3 is 19.5 Å². The number of rotatable bonds is 8. The third-order valence-electron chi connectivity index (χ3n) is 5.88. The normalized spacial score (nSPS) is 22.0.